The maximum Gasteiger partial charge on any atom is 0.166 e. The molecule has 1 aromatic heterocycles. The number of hydrogen-bond acceptors (Lipinski definition) is 5. The minimum Gasteiger partial charge on any atom is -0.493 e. The minimum absolute atomic E-state index is 0.146. The van der Waals surface area contributed by atoms with Gasteiger partial charge < -0.3 is 18.8 Å². The quantitative estimate of drug-likeness (QED) is 0.198. The highest BCUT2D eigenvalue weighted by Crippen LogP contribution is 2.72. The smallest absolute Gasteiger partial charge is 0.166 e. The summed E-state index contributed by atoms with van der Waals surface area (Å²) in [5.41, 5.74) is 5.19. The molecule has 1 spiro atoms. The first-order valence-corrected chi connectivity index (χ1v) is 15.6. The van der Waals surface area contributed by atoms with Crippen LogP contribution in [0.5, 0.6) is 11.5 Å². The number of unbranched alkanes of at least 4 members (excludes halogenated alkanes) is 1. The molecule has 0 amide bonds. The molecule has 9 rings (SSSR count). The highest BCUT2D eigenvalue weighted by molar-refractivity contribution is 6.08. The van der Waals surface area contributed by atoms with E-state index in [9.17, 15) is 10.1 Å². The van der Waals surface area contributed by atoms with E-state index in [1.54, 1.807) is 7.11 Å². The third kappa shape index (κ3) is 2.90. The van der Waals surface area contributed by atoms with Crippen molar-refractivity contribution in [3.63, 3.8) is 0 Å². The third-order valence-corrected chi connectivity index (χ3v) is 11.5. The van der Waals surface area contributed by atoms with Gasteiger partial charge in [0.25, 0.3) is 0 Å². The van der Waals surface area contributed by atoms with Crippen LogP contribution >= 0.6 is 0 Å². The standard InChI is InChI=1S/C36H35N3O3/c1-41-28-13-11-24-18-29-35(21-40)19-27-26-12-10-23-6-2-3-7-25(23)31(26)39(16-5-4-15-37)32(27)34-36(35,30(24)33(28)42-34)14-17-38(29)20-22-8-9-22/h2-3,6-7,10-13,21-22,29,34H,4-5,8-9,14,16-20H2,1H3/t29-,34+,35-,36+/m1/s1. The molecule has 3 heterocycles. The lowest BCUT2D eigenvalue weighted by Crippen LogP contribution is -2.71. The molecule has 3 aromatic carbocycles. The molecule has 2 bridgehead atoms. The molecule has 42 heavy (non-hydrogen) atoms. The van der Waals surface area contributed by atoms with Crippen molar-refractivity contribution in [2.24, 2.45) is 11.3 Å². The van der Waals surface area contributed by atoms with Gasteiger partial charge in [0, 0.05) is 41.9 Å². The first kappa shape index (κ1) is 24.7. The molecule has 2 aliphatic heterocycles. The molecule has 0 N–H and O–H groups in total. The fraction of sp³-hybridized carbons (Fsp3) is 0.444. The van der Waals surface area contributed by atoms with Gasteiger partial charge in [-0.3, -0.25) is 4.90 Å². The Morgan fingerprint density at radius 2 is 2.02 bits per heavy atom. The number of aryl methyl sites for hydroxylation is 1. The van der Waals surface area contributed by atoms with Crippen LogP contribution in [0.1, 0.15) is 60.6 Å². The Morgan fingerprint density at radius 1 is 1.14 bits per heavy atom. The molecular formula is C36H35N3O3. The number of benzene rings is 3. The lowest BCUT2D eigenvalue weighted by molar-refractivity contribution is -0.145. The van der Waals surface area contributed by atoms with E-state index in [4.69, 9.17) is 9.47 Å². The summed E-state index contributed by atoms with van der Waals surface area (Å²) in [6.45, 7) is 2.82. The molecule has 6 nitrogen and oxygen atoms in total. The van der Waals surface area contributed by atoms with Crippen LogP contribution in [0.4, 0.5) is 0 Å². The number of piperidine rings is 1. The van der Waals surface area contributed by atoms with Gasteiger partial charge in [0.05, 0.1) is 35.2 Å². The largest absolute Gasteiger partial charge is 0.493 e. The van der Waals surface area contributed by atoms with Crippen LogP contribution in [-0.2, 0) is 29.6 Å². The number of carbonyl (C=O) groups is 1. The van der Waals surface area contributed by atoms with Crippen molar-refractivity contribution >= 4 is 28.0 Å². The lowest BCUT2D eigenvalue weighted by Gasteiger charge is -2.63. The van der Waals surface area contributed by atoms with E-state index >= 15 is 0 Å². The summed E-state index contributed by atoms with van der Waals surface area (Å²) in [6, 6.07) is 19.9. The Hall–Kier alpha value is -3.82. The van der Waals surface area contributed by atoms with Crippen LogP contribution in [0.3, 0.4) is 0 Å². The molecule has 1 saturated carbocycles. The van der Waals surface area contributed by atoms with E-state index in [-0.39, 0.29) is 12.1 Å². The summed E-state index contributed by atoms with van der Waals surface area (Å²) >= 11 is 0. The first-order chi connectivity index (χ1) is 20.6. The maximum absolute atomic E-state index is 13.9. The van der Waals surface area contributed by atoms with Crippen LogP contribution < -0.4 is 9.47 Å². The molecule has 6 heteroatoms. The topological polar surface area (TPSA) is 67.5 Å². The van der Waals surface area contributed by atoms with Crippen molar-refractivity contribution in [3.8, 4) is 17.6 Å². The predicted octanol–water partition coefficient (Wildman–Crippen LogP) is 6.26. The SMILES string of the molecule is COc1ccc2c3c1O[C@H]1c4c(c5ccc6ccccc6c5n4CCCC#N)C[C@@]4(C=O)[C@@H](C2)N(CC2CC2)CC[C@]314. The van der Waals surface area contributed by atoms with Gasteiger partial charge in [0.1, 0.15) is 12.4 Å². The van der Waals surface area contributed by atoms with Gasteiger partial charge in [-0.1, -0.05) is 42.5 Å². The van der Waals surface area contributed by atoms with Crippen LogP contribution in [0.15, 0.2) is 48.5 Å². The Kier molecular flexibility index (Phi) is 5.07. The number of likely N-dealkylation sites (tertiary alicyclic amines) is 1. The monoisotopic (exact) mass is 557 g/mol. The Balaban J connectivity index is 1.37. The number of carbonyl (C=O) groups excluding carboxylic acids is 1. The summed E-state index contributed by atoms with van der Waals surface area (Å²) in [5, 5.41) is 13.1. The van der Waals surface area contributed by atoms with E-state index in [0.717, 1.165) is 56.3 Å². The number of fused-ring (bicyclic) bond motifs is 6. The molecule has 0 radical (unpaired) electrons. The molecule has 1 saturated heterocycles. The average Bonchev–Trinajstić information content (AvgIpc) is 3.69. The second kappa shape index (κ2) is 8.61. The van der Waals surface area contributed by atoms with Gasteiger partial charge in [0.2, 0.25) is 0 Å². The van der Waals surface area contributed by atoms with E-state index in [2.05, 4.69) is 64.1 Å². The number of aldehydes is 1. The van der Waals surface area contributed by atoms with Gasteiger partial charge in [-0.05, 0) is 73.6 Å². The molecule has 212 valence electrons. The van der Waals surface area contributed by atoms with Crippen molar-refractivity contribution in [3.05, 3.63) is 70.9 Å². The predicted molar refractivity (Wildman–Crippen MR) is 161 cm³/mol. The lowest BCUT2D eigenvalue weighted by atomic mass is 9.44. The van der Waals surface area contributed by atoms with Gasteiger partial charge in [-0.15, -0.1) is 0 Å². The number of rotatable bonds is 7. The number of ether oxygens (including phenoxy) is 2. The van der Waals surface area contributed by atoms with E-state index < -0.39 is 10.8 Å². The number of aromatic nitrogens is 1. The van der Waals surface area contributed by atoms with Crippen molar-refractivity contribution < 1.29 is 14.3 Å². The van der Waals surface area contributed by atoms with Gasteiger partial charge in [0.15, 0.2) is 11.5 Å². The summed E-state index contributed by atoms with van der Waals surface area (Å²) in [7, 11) is 1.72. The van der Waals surface area contributed by atoms with Gasteiger partial charge >= 0.3 is 0 Å². The average molecular weight is 558 g/mol. The van der Waals surface area contributed by atoms with E-state index in [0.29, 0.717) is 12.8 Å². The maximum atomic E-state index is 13.9. The van der Waals surface area contributed by atoms with E-state index in [1.807, 2.05) is 0 Å². The fourth-order valence-corrected chi connectivity index (χ4v) is 9.65. The minimum atomic E-state index is -0.583. The van der Waals surface area contributed by atoms with Crippen molar-refractivity contribution in [1.82, 2.24) is 9.47 Å². The summed E-state index contributed by atoms with van der Waals surface area (Å²) in [5.74, 6) is 2.36. The molecule has 4 aromatic rings. The number of nitriles is 1. The Morgan fingerprint density at radius 3 is 2.83 bits per heavy atom. The molecule has 5 aliphatic rings. The zero-order valence-electron chi connectivity index (χ0n) is 24.1. The zero-order chi connectivity index (χ0) is 28.2. The van der Waals surface area contributed by atoms with Crippen LogP contribution in [-0.4, -0.2) is 42.0 Å². The van der Waals surface area contributed by atoms with Crippen molar-refractivity contribution in [2.45, 2.75) is 69.1 Å². The van der Waals surface area contributed by atoms with Crippen LogP contribution in [0.25, 0.3) is 21.7 Å². The fourth-order valence-electron chi connectivity index (χ4n) is 9.65. The third-order valence-electron chi connectivity index (χ3n) is 11.5. The number of nitrogens with zero attached hydrogens (tertiary/aromatic N) is 3. The van der Waals surface area contributed by atoms with Crippen molar-refractivity contribution in [1.29, 1.82) is 5.26 Å². The van der Waals surface area contributed by atoms with Crippen LogP contribution in [0, 0.1) is 22.7 Å². The number of hydrogen-bond donors (Lipinski definition) is 0. The second-order valence-electron chi connectivity index (χ2n) is 13.3. The second-order valence-corrected chi connectivity index (χ2v) is 13.3. The summed E-state index contributed by atoms with van der Waals surface area (Å²) in [4.78, 5) is 16.6. The molecule has 0 unspecified atom stereocenters. The van der Waals surface area contributed by atoms with E-state index in [1.165, 1.54) is 63.2 Å². The first-order valence-electron chi connectivity index (χ1n) is 15.6. The zero-order valence-corrected chi connectivity index (χ0v) is 24.1. The normalized spacial score (nSPS) is 28.7. The molecular weight excluding hydrogens is 522 g/mol. The highest BCUT2D eigenvalue weighted by atomic mass is 16.5. The highest BCUT2D eigenvalue weighted by Gasteiger charge is 2.73. The van der Waals surface area contributed by atoms with Crippen molar-refractivity contribution in [2.75, 3.05) is 20.2 Å². The molecule has 4 atom stereocenters. The molecule has 2 fully saturated rings. The number of methoxy groups -OCH3 is 1. The van der Waals surface area contributed by atoms with Crippen LogP contribution in [0.2, 0.25) is 0 Å². The summed E-state index contributed by atoms with van der Waals surface area (Å²) in [6.07, 6.45) is 7.44. The Labute approximate surface area is 245 Å². The summed E-state index contributed by atoms with van der Waals surface area (Å²) < 4.78 is 15.6. The van der Waals surface area contributed by atoms with Gasteiger partial charge in [-0.25, -0.2) is 0 Å². The molecule has 3 aliphatic carbocycles. The Bertz CT molecular complexity index is 1850. The van der Waals surface area contributed by atoms with Gasteiger partial charge in [-0.2, -0.15) is 5.26 Å².